The van der Waals surface area contributed by atoms with Crippen molar-refractivity contribution in [3.05, 3.63) is 96.0 Å². The quantitative estimate of drug-likeness (QED) is 0.464. The zero-order valence-electron chi connectivity index (χ0n) is 15.2. The predicted molar refractivity (Wildman–Crippen MR) is 113 cm³/mol. The number of nitrogens with zero attached hydrogens (tertiary/aromatic N) is 3. The van der Waals surface area contributed by atoms with Crippen molar-refractivity contribution in [3.63, 3.8) is 0 Å². The van der Waals surface area contributed by atoms with Crippen molar-refractivity contribution in [2.24, 2.45) is 0 Å². The van der Waals surface area contributed by atoms with Gasteiger partial charge in [0.25, 0.3) is 10.0 Å². The lowest BCUT2D eigenvalue weighted by Gasteiger charge is -2.10. The summed E-state index contributed by atoms with van der Waals surface area (Å²) in [5.41, 5.74) is 2.86. The van der Waals surface area contributed by atoms with Gasteiger partial charge in [-0.25, -0.2) is 13.4 Å². The molecule has 2 aromatic carbocycles. The minimum Gasteiger partial charge on any atom is -0.276 e. The number of hydrogen-bond donors (Lipinski definition) is 1. The van der Waals surface area contributed by atoms with Crippen molar-refractivity contribution in [3.8, 4) is 11.1 Å². The summed E-state index contributed by atoms with van der Waals surface area (Å²) in [6, 6.07) is 19.7. The first-order valence-electron chi connectivity index (χ1n) is 8.81. The molecule has 4 rings (SSSR count). The van der Waals surface area contributed by atoms with Crippen LogP contribution >= 0.6 is 11.6 Å². The molecule has 0 saturated heterocycles. The SMILES string of the molecule is O=S(=O)(Nc1cc(-c2cnn(Cc3ccccc3)c2)cnc1Cl)c1ccccc1. The first-order chi connectivity index (χ1) is 14.0. The maximum atomic E-state index is 12.6. The van der Waals surface area contributed by atoms with Gasteiger partial charge in [-0.2, -0.15) is 5.10 Å². The number of sulfonamides is 1. The lowest BCUT2D eigenvalue weighted by Crippen LogP contribution is -2.13. The third kappa shape index (κ3) is 4.47. The monoisotopic (exact) mass is 424 g/mol. The van der Waals surface area contributed by atoms with E-state index in [1.165, 1.54) is 12.1 Å². The van der Waals surface area contributed by atoms with Crippen molar-refractivity contribution in [1.29, 1.82) is 0 Å². The highest BCUT2D eigenvalue weighted by molar-refractivity contribution is 7.92. The molecule has 0 fully saturated rings. The highest BCUT2D eigenvalue weighted by Gasteiger charge is 2.17. The van der Waals surface area contributed by atoms with E-state index < -0.39 is 10.0 Å². The third-order valence-corrected chi connectivity index (χ3v) is 5.97. The molecule has 0 unspecified atom stereocenters. The lowest BCUT2D eigenvalue weighted by atomic mass is 10.1. The number of anilines is 1. The van der Waals surface area contributed by atoms with Gasteiger partial charge in [-0.3, -0.25) is 9.40 Å². The molecule has 0 aliphatic carbocycles. The van der Waals surface area contributed by atoms with Crippen LogP contribution in [0, 0.1) is 0 Å². The molecule has 2 heterocycles. The highest BCUT2D eigenvalue weighted by Crippen LogP contribution is 2.28. The minimum atomic E-state index is -3.77. The summed E-state index contributed by atoms with van der Waals surface area (Å²) < 4.78 is 29.5. The number of hydrogen-bond acceptors (Lipinski definition) is 4. The van der Waals surface area contributed by atoms with E-state index in [2.05, 4.69) is 14.8 Å². The van der Waals surface area contributed by atoms with Crippen LogP contribution in [0.25, 0.3) is 11.1 Å². The Morgan fingerprint density at radius 1 is 0.931 bits per heavy atom. The summed E-state index contributed by atoms with van der Waals surface area (Å²) in [6.45, 7) is 0.634. The molecule has 29 heavy (non-hydrogen) atoms. The zero-order chi connectivity index (χ0) is 20.3. The summed E-state index contributed by atoms with van der Waals surface area (Å²) in [6.07, 6.45) is 5.18. The second-order valence-corrected chi connectivity index (χ2v) is 8.43. The van der Waals surface area contributed by atoms with Gasteiger partial charge in [0.2, 0.25) is 0 Å². The molecular weight excluding hydrogens is 408 g/mol. The Kier molecular flexibility index (Phi) is 5.33. The van der Waals surface area contributed by atoms with Gasteiger partial charge in [0.15, 0.2) is 5.15 Å². The standard InChI is InChI=1S/C21H17ClN4O2S/c22-21-20(25-29(27,28)19-9-5-2-6-10-19)11-17(12-23-21)18-13-24-26(15-18)14-16-7-3-1-4-8-16/h1-13,15,25H,14H2. The Morgan fingerprint density at radius 3 is 2.34 bits per heavy atom. The van der Waals surface area contributed by atoms with E-state index in [9.17, 15) is 8.42 Å². The van der Waals surface area contributed by atoms with Gasteiger partial charge >= 0.3 is 0 Å². The topological polar surface area (TPSA) is 76.9 Å². The molecule has 0 radical (unpaired) electrons. The number of pyridine rings is 1. The largest absolute Gasteiger partial charge is 0.276 e. The summed E-state index contributed by atoms with van der Waals surface area (Å²) in [5.74, 6) is 0. The van der Waals surface area contributed by atoms with Crippen LogP contribution in [0.5, 0.6) is 0 Å². The molecule has 2 aromatic heterocycles. The van der Waals surface area contributed by atoms with E-state index in [1.807, 2.05) is 41.2 Å². The molecule has 0 spiro atoms. The maximum absolute atomic E-state index is 12.6. The lowest BCUT2D eigenvalue weighted by molar-refractivity contribution is 0.601. The van der Waals surface area contributed by atoms with Gasteiger partial charge in [0.1, 0.15) is 0 Å². The second-order valence-electron chi connectivity index (χ2n) is 6.39. The molecule has 0 aliphatic rings. The number of halogens is 1. The van der Waals surface area contributed by atoms with Crippen LogP contribution in [0.15, 0.2) is 90.2 Å². The molecule has 8 heteroatoms. The van der Waals surface area contributed by atoms with Crippen LogP contribution in [-0.2, 0) is 16.6 Å². The van der Waals surface area contributed by atoms with E-state index >= 15 is 0 Å². The molecule has 0 saturated carbocycles. The van der Waals surface area contributed by atoms with Crippen LogP contribution in [0.4, 0.5) is 5.69 Å². The Hall–Kier alpha value is -3.16. The van der Waals surface area contributed by atoms with Gasteiger partial charge in [-0.1, -0.05) is 60.1 Å². The van der Waals surface area contributed by atoms with Gasteiger partial charge in [0.05, 0.1) is 23.3 Å². The molecule has 6 nitrogen and oxygen atoms in total. The fraction of sp³-hybridized carbons (Fsp3) is 0.0476. The highest BCUT2D eigenvalue weighted by atomic mass is 35.5. The molecule has 0 bridgehead atoms. The van der Waals surface area contributed by atoms with Gasteiger partial charge < -0.3 is 0 Å². The number of nitrogens with one attached hydrogen (secondary N) is 1. The van der Waals surface area contributed by atoms with E-state index in [1.54, 1.807) is 36.7 Å². The van der Waals surface area contributed by atoms with Crippen molar-refractivity contribution < 1.29 is 8.42 Å². The molecular formula is C21H17ClN4O2S. The van der Waals surface area contributed by atoms with Gasteiger partial charge in [-0.15, -0.1) is 0 Å². The fourth-order valence-electron chi connectivity index (χ4n) is 2.85. The zero-order valence-corrected chi connectivity index (χ0v) is 16.8. The molecule has 1 N–H and O–H groups in total. The number of aromatic nitrogens is 3. The molecule has 0 aliphatic heterocycles. The third-order valence-electron chi connectivity index (χ3n) is 4.29. The Labute approximate surface area is 173 Å². The Balaban J connectivity index is 1.59. The Bertz CT molecular complexity index is 1230. The van der Waals surface area contributed by atoms with Gasteiger partial charge in [0, 0.05) is 23.5 Å². The summed E-state index contributed by atoms with van der Waals surface area (Å²) >= 11 is 6.13. The Morgan fingerprint density at radius 2 is 1.62 bits per heavy atom. The molecule has 0 atom stereocenters. The predicted octanol–water partition coefficient (Wildman–Crippen LogP) is 4.45. The maximum Gasteiger partial charge on any atom is 0.261 e. The smallest absolute Gasteiger partial charge is 0.261 e. The van der Waals surface area contributed by atoms with Crippen molar-refractivity contribution in [2.75, 3.05) is 4.72 Å². The average molecular weight is 425 g/mol. The summed E-state index contributed by atoms with van der Waals surface area (Å²) in [7, 11) is -3.77. The average Bonchev–Trinajstić information content (AvgIpc) is 3.19. The van der Waals surface area contributed by atoms with E-state index in [-0.39, 0.29) is 15.7 Å². The molecule has 146 valence electrons. The van der Waals surface area contributed by atoms with E-state index in [0.717, 1.165) is 11.1 Å². The normalized spacial score (nSPS) is 11.3. The van der Waals surface area contributed by atoms with E-state index in [4.69, 9.17) is 11.6 Å². The summed E-state index contributed by atoms with van der Waals surface area (Å²) in [5, 5.41) is 4.45. The number of benzene rings is 2. The van der Waals surface area contributed by atoms with Crippen LogP contribution in [0.1, 0.15) is 5.56 Å². The van der Waals surface area contributed by atoms with Crippen molar-refractivity contribution in [2.45, 2.75) is 11.4 Å². The minimum absolute atomic E-state index is 0.0740. The first kappa shape index (κ1) is 19.2. The first-order valence-corrected chi connectivity index (χ1v) is 10.7. The van der Waals surface area contributed by atoms with Crippen LogP contribution < -0.4 is 4.72 Å². The van der Waals surface area contributed by atoms with Crippen LogP contribution in [0.2, 0.25) is 5.15 Å². The second kappa shape index (κ2) is 8.06. The summed E-state index contributed by atoms with van der Waals surface area (Å²) in [4.78, 5) is 4.28. The number of rotatable bonds is 6. The van der Waals surface area contributed by atoms with Crippen LogP contribution in [0.3, 0.4) is 0 Å². The van der Waals surface area contributed by atoms with Gasteiger partial charge in [-0.05, 0) is 23.8 Å². The molecule has 4 aromatic rings. The van der Waals surface area contributed by atoms with Crippen LogP contribution in [-0.4, -0.2) is 23.2 Å². The van der Waals surface area contributed by atoms with Crippen molar-refractivity contribution in [1.82, 2.24) is 14.8 Å². The molecule has 0 amide bonds. The fourth-order valence-corrected chi connectivity index (χ4v) is 4.14. The van der Waals surface area contributed by atoms with E-state index in [0.29, 0.717) is 12.1 Å². The van der Waals surface area contributed by atoms with Crippen molar-refractivity contribution >= 4 is 27.3 Å².